The van der Waals surface area contributed by atoms with Crippen LogP contribution in [0.1, 0.15) is 290 Å². The summed E-state index contributed by atoms with van der Waals surface area (Å²) in [5.74, 6) is -0.887. The van der Waals surface area contributed by atoms with E-state index in [2.05, 4.69) is 118 Å². The molecule has 0 amide bonds. The van der Waals surface area contributed by atoms with Crippen molar-refractivity contribution >= 4 is 17.9 Å². The average Bonchev–Trinajstić information content (AvgIpc) is 3.39. The maximum Gasteiger partial charge on any atom is 0.306 e. The number of hydrogen-bond donors (Lipinski definition) is 0. The molecule has 0 aliphatic heterocycles. The number of allylic oxidation sites excluding steroid dienone is 16. The van der Waals surface area contributed by atoms with E-state index in [1.54, 1.807) is 0 Å². The molecule has 0 radical (unpaired) electrons. The summed E-state index contributed by atoms with van der Waals surface area (Å²) in [4.78, 5) is 38.0. The summed E-state index contributed by atoms with van der Waals surface area (Å²) in [5.41, 5.74) is 0. The van der Waals surface area contributed by atoms with Crippen LogP contribution in [0.3, 0.4) is 0 Å². The van der Waals surface area contributed by atoms with Gasteiger partial charge in [0.05, 0.1) is 0 Å². The van der Waals surface area contributed by atoms with Crippen LogP contribution in [-0.4, -0.2) is 37.2 Å². The summed E-state index contributed by atoms with van der Waals surface area (Å²) < 4.78 is 16.8. The maximum atomic E-state index is 12.8. The van der Waals surface area contributed by atoms with Crippen molar-refractivity contribution in [1.82, 2.24) is 0 Å². The normalized spacial score (nSPS) is 12.8. The Bertz CT molecular complexity index is 1440. The van der Waals surface area contributed by atoms with E-state index >= 15 is 0 Å². The number of esters is 3. The highest BCUT2D eigenvalue weighted by atomic mass is 16.6. The Morgan fingerprint density at radius 2 is 0.534 bits per heavy atom. The predicted octanol–water partition coefficient (Wildman–Crippen LogP) is 20.9. The lowest BCUT2D eigenvalue weighted by atomic mass is 10.0. The van der Waals surface area contributed by atoms with Crippen molar-refractivity contribution in [3.05, 3.63) is 97.2 Å². The average molecular weight is 1020 g/mol. The van der Waals surface area contributed by atoms with E-state index in [9.17, 15) is 14.4 Å². The van der Waals surface area contributed by atoms with Crippen LogP contribution in [0, 0.1) is 0 Å². The fraction of sp³-hybridized carbons (Fsp3) is 0.716. The zero-order chi connectivity index (χ0) is 52.9. The van der Waals surface area contributed by atoms with Gasteiger partial charge in [0, 0.05) is 19.3 Å². The van der Waals surface area contributed by atoms with Crippen molar-refractivity contribution in [2.45, 2.75) is 297 Å². The van der Waals surface area contributed by atoms with Crippen molar-refractivity contribution in [3.63, 3.8) is 0 Å². The molecule has 0 rings (SSSR count). The standard InChI is InChI=1S/C67H114O6/c1-4-7-10-13-16-19-22-24-25-26-27-28-29-30-31-32-33-34-35-36-37-38-39-40-41-42-43-44-46-48-51-54-57-60-66(69)72-63-64(62-71-65(68)59-56-53-50-47-21-18-15-12-9-6-3)73-67(70)61-58-55-52-49-45-23-20-17-14-11-8-5-2/h7,10,16-17,19-20,24-25,27-28,30-31,33-34,36-37,64H,4-6,8-9,11-15,18,21-23,26,29,32,35,38-63H2,1-3H3/b10-7-,19-16-,20-17-,25-24-,28-27-,31-30-,34-33-,37-36-. The van der Waals surface area contributed by atoms with Gasteiger partial charge in [-0.15, -0.1) is 0 Å². The third kappa shape index (κ3) is 59.1. The molecule has 73 heavy (non-hydrogen) atoms. The van der Waals surface area contributed by atoms with E-state index in [0.29, 0.717) is 19.3 Å². The van der Waals surface area contributed by atoms with Gasteiger partial charge in [-0.2, -0.15) is 0 Å². The van der Waals surface area contributed by atoms with Gasteiger partial charge in [-0.3, -0.25) is 14.4 Å². The molecule has 0 aromatic rings. The summed E-state index contributed by atoms with van der Waals surface area (Å²) in [7, 11) is 0. The molecule has 0 heterocycles. The van der Waals surface area contributed by atoms with Crippen LogP contribution in [0.5, 0.6) is 0 Å². The molecule has 0 spiro atoms. The smallest absolute Gasteiger partial charge is 0.306 e. The quantitative estimate of drug-likeness (QED) is 0.0261. The highest BCUT2D eigenvalue weighted by molar-refractivity contribution is 5.71. The molecule has 0 aromatic carbocycles. The Kier molecular flexibility index (Phi) is 57.8. The van der Waals surface area contributed by atoms with Gasteiger partial charge in [-0.25, -0.2) is 0 Å². The number of carbonyl (C=O) groups is 3. The molecule has 6 heteroatoms. The molecule has 6 nitrogen and oxygen atoms in total. The predicted molar refractivity (Wildman–Crippen MR) is 316 cm³/mol. The van der Waals surface area contributed by atoms with Crippen molar-refractivity contribution in [2.75, 3.05) is 13.2 Å². The summed E-state index contributed by atoms with van der Waals surface area (Å²) in [6.45, 7) is 6.49. The molecule has 0 aromatic heterocycles. The Balaban J connectivity index is 4.12. The maximum absolute atomic E-state index is 12.8. The molecule has 0 fully saturated rings. The van der Waals surface area contributed by atoms with E-state index in [-0.39, 0.29) is 31.1 Å². The zero-order valence-electron chi connectivity index (χ0n) is 47.9. The third-order valence-corrected chi connectivity index (χ3v) is 13.1. The lowest BCUT2D eigenvalue weighted by Gasteiger charge is -2.18. The van der Waals surface area contributed by atoms with Gasteiger partial charge in [-0.05, 0) is 103 Å². The van der Waals surface area contributed by atoms with Crippen molar-refractivity contribution < 1.29 is 28.6 Å². The topological polar surface area (TPSA) is 78.9 Å². The first-order valence-electron chi connectivity index (χ1n) is 30.7. The molecule has 0 aliphatic rings. The second kappa shape index (κ2) is 60.9. The molecule has 0 saturated heterocycles. The van der Waals surface area contributed by atoms with Gasteiger partial charge < -0.3 is 14.2 Å². The van der Waals surface area contributed by atoms with Gasteiger partial charge >= 0.3 is 17.9 Å². The first kappa shape index (κ1) is 69.3. The van der Waals surface area contributed by atoms with Crippen molar-refractivity contribution in [1.29, 1.82) is 0 Å². The second-order valence-corrected chi connectivity index (χ2v) is 20.2. The Labute approximate surface area is 451 Å². The minimum Gasteiger partial charge on any atom is -0.462 e. The van der Waals surface area contributed by atoms with Gasteiger partial charge in [-0.1, -0.05) is 266 Å². The molecular formula is C67H114O6. The number of carbonyl (C=O) groups excluding carboxylic acids is 3. The van der Waals surface area contributed by atoms with Crippen LogP contribution in [0.25, 0.3) is 0 Å². The van der Waals surface area contributed by atoms with Gasteiger partial charge in [0.2, 0.25) is 0 Å². The Morgan fingerprint density at radius 1 is 0.288 bits per heavy atom. The molecule has 0 saturated carbocycles. The Hall–Kier alpha value is -3.67. The van der Waals surface area contributed by atoms with E-state index in [1.807, 2.05) is 0 Å². The SMILES string of the molecule is CC/C=C\C/C=C\C/C=C\C/C=C\C/C=C\C/C=C\C/C=C\CCCCCCCCCCCCCC(=O)OCC(COC(=O)CCCCCCCCCCCC)OC(=O)CCCCCCC/C=C\CCCCC. The number of hydrogen-bond acceptors (Lipinski definition) is 6. The highest BCUT2D eigenvalue weighted by Gasteiger charge is 2.19. The zero-order valence-corrected chi connectivity index (χ0v) is 47.9. The third-order valence-electron chi connectivity index (χ3n) is 13.1. The fourth-order valence-electron chi connectivity index (χ4n) is 8.48. The van der Waals surface area contributed by atoms with Gasteiger partial charge in [0.15, 0.2) is 6.10 Å². The molecule has 418 valence electrons. The largest absolute Gasteiger partial charge is 0.462 e. The van der Waals surface area contributed by atoms with Gasteiger partial charge in [0.1, 0.15) is 13.2 Å². The number of rotatable bonds is 55. The summed E-state index contributed by atoms with van der Waals surface area (Å²) in [6, 6.07) is 0. The Morgan fingerprint density at radius 3 is 0.877 bits per heavy atom. The van der Waals surface area contributed by atoms with E-state index < -0.39 is 6.10 Å². The van der Waals surface area contributed by atoms with Crippen molar-refractivity contribution in [3.8, 4) is 0 Å². The van der Waals surface area contributed by atoms with Crippen LogP contribution >= 0.6 is 0 Å². The molecule has 1 unspecified atom stereocenters. The minimum atomic E-state index is -0.779. The summed E-state index contributed by atoms with van der Waals surface area (Å²) >= 11 is 0. The minimum absolute atomic E-state index is 0.0781. The van der Waals surface area contributed by atoms with E-state index in [1.165, 1.54) is 135 Å². The van der Waals surface area contributed by atoms with Crippen LogP contribution < -0.4 is 0 Å². The molecule has 0 bridgehead atoms. The van der Waals surface area contributed by atoms with E-state index in [0.717, 1.165) is 116 Å². The highest BCUT2D eigenvalue weighted by Crippen LogP contribution is 2.16. The fourth-order valence-corrected chi connectivity index (χ4v) is 8.48. The summed E-state index contributed by atoms with van der Waals surface area (Å²) in [6.07, 6.45) is 81.4. The first-order valence-corrected chi connectivity index (χ1v) is 30.7. The second-order valence-electron chi connectivity index (χ2n) is 20.2. The molecule has 1 atom stereocenters. The summed E-state index contributed by atoms with van der Waals surface area (Å²) in [5, 5.41) is 0. The van der Waals surface area contributed by atoms with Crippen LogP contribution in [-0.2, 0) is 28.6 Å². The van der Waals surface area contributed by atoms with Crippen LogP contribution in [0.4, 0.5) is 0 Å². The van der Waals surface area contributed by atoms with Gasteiger partial charge in [0.25, 0.3) is 0 Å². The molecule has 0 aliphatic carbocycles. The monoisotopic (exact) mass is 1010 g/mol. The lowest BCUT2D eigenvalue weighted by Crippen LogP contribution is -2.30. The van der Waals surface area contributed by atoms with Crippen molar-refractivity contribution in [2.24, 2.45) is 0 Å². The van der Waals surface area contributed by atoms with Crippen LogP contribution in [0.15, 0.2) is 97.2 Å². The molecule has 0 N–H and O–H groups in total. The number of unbranched alkanes of at least 4 members (excludes halogenated alkanes) is 28. The first-order chi connectivity index (χ1) is 36.0. The number of ether oxygens (including phenoxy) is 3. The van der Waals surface area contributed by atoms with E-state index in [4.69, 9.17) is 14.2 Å². The lowest BCUT2D eigenvalue weighted by molar-refractivity contribution is -0.167. The van der Waals surface area contributed by atoms with Crippen LogP contribution in [0.2, 0.25) is 0 Å². The molecular weight excluding hydrogens is 901 g/mol.